The predicted octanol–water partition coefficient (Wildman–Crippen LogP) is 1.70. The van der Waals surface area contributed by atoms with Crippen LogP contribution in [-0.2, 0) is 0 Å². The Bertz CT molecular complexity index is 412. The van der Waals surface area contributed by atoms with Crippen molar-refractivity contribution in [3.05, 3.63) is 60.2 Å². The van der Waals surface area contributed by atoms with Crippen LogP contribution in [0.3, 0.4) is 0 Å². The predicted molar refractivity (Wildman–Crippen MR) is 55.9 cm³/mol. The second kappa shape index (κ2) is 4.32. The zero-order valence-corrected chi connectivity index (χ0v) is 7.91. The first-order valence-corrected chi connectivity index (χ1v) is 4.44. The Labute approximate surface area is 86.9 Å². The van der Waals surface area contributed by atoms with E-state index in [4.69, 9.17) is 5.21 Å². The van der Waals surface area contributed by atoms with Crippen molar-refractivity contribution in [1.29, 1.82) is 0 Å². The van der Waals surface area contributed by atoms with E-state index in [1.165, 1.54) is 0 Å². The molecule has 0 aliphatic carbocycles. The van der Waals surface area contributed by atoms with Crippen molar-refractivity contribution >= 4 is 5.71 Å². The Morgan fingerprint density at radius 1 is 1.00 bits per heavy atom. The van der Waals surface area contributed by atoms with Gasteiger partial charge in [-0.2, -0.15) is 0 Å². The lowest BCUT2D eigenvalue weighted by Gasteiger charge is -2.02. The fourth-order valence-corrected chi connectivity index (χ4v) is 1.29. The van der Waals surface area contributed by atoms with Crippen molar-refractivity contribution in [3.63, 3.8) is 0 Å². The maximum Gasteiger partial charge on any atom is 0.118 e. The van der Waals surface area contributed by atoms with Gasteiger partial charge in [0.15, 0.2) is 0 Å². The van der Waals surface area contributed by atoms with E-state index >= 15 is 0 Å². The van der Waals surface area contributed by atoms with Crippen molar-refractivity contribution < 1.29 is 5.21 Å². The Hall–Kier alpha value is -2.23. The number of hydrogen-bond donors (Lipinski definition) is 1. The molecule has 0 saturated heterocycles. The fourth-order valence-electron chi connectivity index (χ4n) is 1.29. The van der Waals surface area contributed by atoms with Gasteiger partial charge in [-0.1, -0.05) is 5.16 Å². The molecule has 0 aliphatic rings. The molecular weight excluding hydrogens is 190 g/mol. The van der Waals surface area contributed by atoms with Gasteiger partial charge >= 0.3 is 0 Å². The van der Waals surface area contributed by atoms with Crippen LogP contribution >= 0.6 is 0 Å². The third kappa shape index (κ3) is 1.99. The van der Waals surface area contributed by atoms with Crippen molar-refractivity contribution in [2.75, 3.05) is 0 Å². The van der Waals surface area contributed by atoms with Crippen molar-refractivity contribution in [2.45, 2.75) is 0 Å². The first kappa shape index (κ1) is 9.33. The maximum atomic E-state index is 8.97. The minimum absolute atomic E-state index is 0.491. The number of hydrogen-bond acceptors (Lipinski definition) is 4. The number of oxime groups is 1. The Kier molecular flexibility index (Phi) is 2.69. The Balaban J connectivity index is 2.44. The largest absolute Gasteiger partial charge is 0.410 e. The maximum absolute atomic E-state index is 8.97. The van der Waals surface area contributed by atoms with Crippen LogP contribution in [0.4, 0.5) is 0 Å². The molecule has 4 heteroatoms. The summed E-state index contributed by atoms with van der Waals surface area (Å²) in [5.41, 5.74) is 2.07. The van der Waals surface area contributed by atoms with Gasteiger partial charge in [-0.25, -0.2) is 0 Å². The molecule has 0 unspecified atom stereocenters. The molecule has 0 fully saturated rings. The molecule has 0 atom stereocenters. The minimum atomic E-state index is 0.491. The van der Waals surface area contributed by atoms with Crippen LogP contribution in [-0.4, -0.2) is 20.9 Å². The Morgan fingerprint density at radius 2 is 1.80 bits per heavy atom. The summed E-state index contributed by atoms with van der Waals surface area (Å²) in [5.74, 6) is 0. The average molecular weight is 199 g/mol. The zero-order chi connectivity index (χ0) is 10.5. The molecule has 0 saturated carbocycles. The average Bonchev–Trinajstić information content (AvgIpc) is 2.33. The van der Waals surface area contributed by atoms with Gasteiger partial charge < -0.3 is 5.21 Å². The molecule has 2 aromatic heterocycles. The monoisotopic (exact) mass is 199 g/mol. The van der Waals surface area contributed by atoms with E-state index in [1.54, 1.807) is 43.0 Å². The SMILES string of the molecule is O/N=C(\c1ccncc1)c1cccnc1. The highest BCUT2D eigenvalue weighted by Crippen LogP contribution is 2.08. The van der Waals surface area contributed by atoms with E-state index in [0.29, 0.717) is 5.71 Å². The molecule has 1 N–H and O–H groups in total. The molecule has 0 aromatic carbocycles. The summed E-state index contributed by atoms with van der Waals surface area (Å²) >= 11 is 0. The van der Waals surface area contributed by atoms with Crippen molar-refractivity contribution in [2.24, 2.45) is 5.16 Å². The number of pyridine rings is 2. The van der Waals surface area contributed by atoms with E-state index in [2.05, 4.69) is 15.1 Å². The van der Waals surface area contributed by atoms with Crippen molar-refractivity contribution in [3.8, 4) is 0 Å². The second-order valence-electron chi connectivity index (χ2n) is 2.93. The lowest BCUT2D eigenvalue weighted by molar-refractivity contribution is 0.319. The molecule has 0 aliphatic heterocycles. The molecule has 0 bridgehead atoms. The molecule has 2 rings (SSSR count). The van der Waals surface area contributed by atoms with Crippen LogP contribution in [0, 0.1) is 0 Å². The molecule has 2 aromatic rings. The van der Waals surface area contributed by atoms with Gasteiger partial charge in [0.1, 0.15) is 5.71 Å². The van der Waals surface area contributed by atoms with Gasteiger partial charge in [0.05, 0.1) is 0 Å². The first-order chi connectivity index (χ1) is 7.42. The van der Waals surface area contributed by atoms with Gasteiger partial charge in [0.2, 0.25) is 0 Å². The van der Waals surface area contributed by atoms with Gasteiger partial charge in [-0.3, -0.25) is 9.97 Å². The van der Waals surface area contributed by atoms with Crippen LogP contribution in [0.2, 0.25) is 0 Å². The number of aromatic nitrogens is 2. The summed E-state index contributed by atoms with van der Waals surface area (Å²) in [6.45, 7) is 0. The van der Waals surface area contributed by atoms with E-state index in [9.17, 15) is 0 Å². The summed E-state index contributed by atoms with van der Waals surface area (Å²) in [7, 11) is 0. The van der Waals surface area contributed by atoms with Crippen LogP contribution in [0.15, 0.2) is 54.2 Å². The molecule has 15 heavy (non-hydrogen) atoms. The topological polar surface area (TPSA) is 58.4 Å². The van der Waals surface area contributed by atoms with E-state index in [0.717, 1.165) is 11.1 Å². The lowest BCUT2D eigenvalue weighted by atomic mass is 10.1. The third-order valence-corrected chi connectivity index (χ3v) is 1.99. The van der Waals surface area contributed by atoms with E-state index < -0.39 is 0 Å². The number of rotatable bonds is 2. The molecule has 4 nitrogen and oxygen atoms in total. The number of nitrogens with zero attached hydrogens (tertiary/aromatic N) is 3. The highest BCUT2D eigenvalue weighted by atomic mass is 16.4. The first-order valence-electron chi connectivity index (χ1n) is 4.44. The van der Waals surface area contributed by atoms with E-state index in [-0.39, 0.29) is 0 Å². The normalized spacial score (nSPS) is 11.3. The van der Waals surface area contributed by atoms with E-state index in [1.807, 2.05) is 6.07 Å². The second-order valence-corrected chi connectivity index (χ2v) is 2.93. The molecule has 0 amide bonds. The summed E-state index contributed by atoms with van der Waals surface area (Å²) in [4.78, 5) is 7.87. The van der Waals surface area contributed by atoms with Gasteiger partial charge in [0, 0.05) is 35.9 Å². The molecule has 74 valence electrons. The van der Waals surface area contributed by atoms with Crippen LogP contribution in [0.5, 0.6) is 0 Å². The van der Waals surface area contributed by atoms with Gasteiger partial charge in [-0.05, 0) is 24.3 Å². The molecule has 2 heterocycles. The van der Waals surface area contributed by atoms with Crippen molar-refractivity contribution in [1.82, 2.24) is 9.97 Å². The standard InChI is InChI=1S/C11H9N3O/c15-14-11(9-3-6-12-7-4-9)10-2-1-5-13-8-10/h1-8,15H/b14-11+. The zero-order valence-electron chi connectivity index (χ0n) is 7.91. The minimum Gasteiger partial charge on any atom is -0.410 e. The summed E-state index contributed by atoms with van der Waals surface area (Å²) in [5, 5.41) is 12.3. The van der Waals surface area contributed by atoms with Crippen LogP contribution in [0.25, 0.3) is 0 Å². The molecular formula is C11H9N3O. The van der Waals surface area contributed by atoms with Gasteiger partial charge in [0.25, 0.3) is 0 Å². The quantitative estimate of drug-likeness (QED) is 0.455. The molecule has 0 spiro atoms. The Morgan fingerprint density at radius 3 is 2.40 bits per heavy atom. The lowest BCUT2D eigenvalue weighted by Crippen LogP contribution is -2.03. The van der Waals surface area contributed by atoms with Crippen LogP contribution in [0.1, 0.15) is 11.1 Å². The summed E-state index contributed by atoms with van der Waals surface area (Å²) in [6.07, 6.45) is 6.62. The smallest absolute Gasteiger partial charge is 0.118 e. The molecule has 0 radical (unpaired) electrons. The third-order valence-electron chi connectivity index (χ3n) is 1.99. The highest BCUT2D eigenvalue weighted by Gasteiger charge is 2.06. The fraction of sp³-hybridized carbons (Fsp3) is 0. The summed E-state index contributed by atoms with van der Waals surface area (Å²) in [6, 6.07) is 7.19. The van der Waals surface area contributed by atoms with Gasteiger partial charge in [-0.15, -0.1) is 0 Å². The van der Waals surface area contributed by atoms with Crippen LogP contribution < -0.4 is 0 Å². The summed E-state index contributed by atoms with van der Waals surface area (Å²) < 4.78 is 0. The highest BCUT2D eigenvalue weighted by molar-refractivity contribution is 6.12.